The summed E-state index contributed by atoms with van der Waals surface area (Å²) in [7, 11) is 1.71. The fraction of sp³-hybridized carbons (Fsp3) is 0.208. The minimum Gasteiger partial charge on any atom is -0.383 e. The molecule has 0 radical (unpaired) electrons. The summed E-state index contributed by atoms with van der Waals surface area (Å²) in [5.41, 5.74) is 5.33. The summed E-state index contributed by atoms with van der Waals surface area (Å²) in [6, 6.07) is 18.8. The first-order valence-corrected chi connectivity index (χ1v) is 9.99. The van der Waals surface area contributed by atoms with E-state index in [9.17, 15) is 0 Å². The maximum absolute atomic E-state index is 5.08. The maximum Gasteiger partial charge on any atom is 0.227 e. The van der Waals surface area contributed by atoms with Gasteiger partial charge < -0.3 is 15.4 Å². The molecule has 1 atom stereocenters. The minimum absolute atomic E-state index is 0.265. The molecule has 4 rings (SSSR count). The number of hydrogen-bond donors (Lipinski definition) is 2. The molecule has 30 heavy (non-hydrogen) atoms. The Labute approximate surface area is 176 Å². The van der Waals surface area contributed by atoms with Crippen molar-refractivity contribution in [2.75, 3.05) is 25.6 Å². The molecule has 2 N–H and O–H groups in total. The van der Waals surface area contributed by atoms with Gasteiger partial charge in [-0.25, -0.2) is 9.97 Å². The van der Waals surface area contributed by atoms with E-state index in [2.05, 4.69) is 56.8 Å². The van der Waals surface area contributed by atoms with Crippen molar-refractivity contribution in [2.45, 2.75) is 13.0 Å². The van der Waals surface area contributed by atoms with Crippen molar-refractivity contribution in [1.82, 2.24) is 20.3 Å². The lowest BCUT2D eigenvalue weighted by Gasteiger charge is -2.14. The van der Waals surface area contributed by atoms with Gasteiger partial charge in [-0.2, -0.15) is 0 Å². The van der Waals surface area contributed by atoms with Crippen LogP contribution in [0.4, 0.5) is 11.6 Å². The third-order valence-electron chi connectivity index (χ3n) is 5.02. The molecular formula is C24H25N5O. The summed E-state index contributed by atoms with van der Waals surface area (Å²) in [6.45, 7) is 3.67. The zero-order valence-electron chi connectivity index (χ0n) is 17.2. The highest BCUT2D eigenvalue weighted by Gasteiger charge is 2.06. The van der Waals surface area contributed by atoms with Crippen LogP contribution in [0.2, 0.25) is 0 Å². The summed E-state index contributed by atoms with van der Waals surface area (Å²) in [4.78, 5) is 13.2. The zero-order valence-corrected chi connectivity index (χ0v) is 17.2. The molecule has 0 spiro atoms. The number of fused-ring (bicyclic) bond motifs is 1. The number of anilines is 2. The normalized spacial score (nSPS) is 12.1. The smallest absolute Gasteiger partial charge is 0.227 e. The van der Waals surface area contributed by atoms with Gasteiger partial charge in [0, 0.05) is 49.4 Å². The summed E-state index contributed by atoms with van der Waals surface area (Å²) >= 11 is 0. The standard InChI is InChI=1S/C24H25N5O/c1-17(26-13-14-30-2)18-3-6-22(7-4-18)28-24-27-16-21-15-20(5-8-23(21)29-24)19-9-11-25-12-10-19/h3-12,15-17,26H,13-14H2,1-2H3,(H,27,28,29)/t17-/m0/s1. The predicted molar refractivity (Wildman–Crippen MR) is 121 cm³/mol. The summed E-state index contributed by atoms with van der Waals surface area (Å²) in [5.74, 6) is 0.582. The molecular weight excluding hydrogens is 374 g/mol. The van der Waals surface area contributed by atoms with Gasteiger partial charge in [0.25, 0.3) is 0 Å². The number of pyridine rings is 1. The number of aromatic nitrogens is 3. The number of nitrogens with zero attached hydrogens (tertiary/aromatic N) is 3. The van der Waals surface area contributed by atoms with Crippen LogP contribution in [0.1, 0.15) is 18.5 Å². The van der Waals surface area contributed by atoms with Gasteiger partial charge in [0.1, 0.15) is 0 Å². The van der Waals surface area contributed by atoms with Gasteiger partial charge in [-0.15, -0.1) is 0 Å². The Balaban J connectivity index is 1.46. The second-order valence-corrected chi connectivity index (χ2v) is 7.12. The van der Waals surface area contributed by atoms with Gasteiger partial charge in [-0.1, -0.05) is 18.2 Å². The van der Waals surface area contributed by atoms with Crippen molar-refractivity contribution in [3.8, 4) is 11.1 Å². The summed E-state index contributed by atoms with van der Waals surface area (Å²) in [5, 5.41) is 7.72. The molecule has 2 aromatic heterocycles. The van der Waals surface area contributed by atoms with Crippen LogP contribution >= 0.6 is 0 Å². The third-order valence-corrected chi connectivity index (χ3v) is 5.02. The molecule has 2 aromatic carbocycles. The second-order valence-electron chi connectivity index (χ2n) is 7.12. The van der Waals surface area contributed by atoms with Gasteiger partial charge in [-0.3, -0.25) is 4.98 Å². The molecule has 0 unspecified atom stereocenters. The van der Waals surface area contributed by atoms with E-state index < -0.39 is 0 Å². The largest absolute Gasteiger partial charge is 0.383 e. The second kappa shape index (κ2) is 9.43. The molecule has 0 aliphatic heterocycles. The van der Waals surface area contributed by atoms with Crippen LogP contribution in [0.15, 0.2) is 73.2 Å². The molecule has 0 amide bonds. The Morgan fingerprint density at radius 3 is 2.53 bits per heavy atom. The highest BCUT2D eigenvalue weighted by atomic mass is 16.5. The van der Waals surface area contributed by atoms with Crippen LogP contribution in [0, 0.1) is 0 Å². The Kier molecular flexibility index (Phi) is 6.27. The van der Waals surface area contributed by atoms with Crippen LogP contribution < -0.4 is 10.6 Å². The zero-order chi connectivity index (χ0) is 20.8. The molecule has 6 nitrogen and oxygen atoms in total. The van der Waals surface area contributed by atoms with Crippen LogP contribution in [-0.4, -0.2) is 35.2 Å². The highest BCUT2D eigenvalue weighted by Crippen LogP contribution is 2.24. The maximum atomic E-state index is 5.08. The Hall–Kier alpha value is -3.35. The third kappa shape index (κ3) is 4.79. The fourth-order valence-corrected chi connectivity index (χ4v) is 3.30. The molecule has 152 valence electrons. The first kappa shape index (κ1) is 19.9. The van der Waals surface area contributed by atoms with Crippen molar-refractivity contribution in [3.05, 3.63) is 78.8 Å². The van der Waals surface area contributed by atoms with Crippen molar-refractivity contribution in [1.29, 1.82) is 0 Å². The van der Waals surface area contributed by atoms with E-state index in [0.29, 0.717) is 12.6 Å². The topological polar surface area (TPSA) is 72.0 Å². The van der Waals surface area contributed by atoms with E-state index in [-0.39, 0.29) is 6.04 Å². The summed E-state index contributed by atoms with van der Waals surface area (Å²) in [6.07, 6.45) is 5.45. The lowest BCUT2D eigenvalue weighted by atomic mass is 10.1. The van der Waals surface area contributed by atoms with Crippen molar-refractivity contribution < 1.29 is 4.74 Å². The van der Waals surface area contributed by atoms with E-state index >= 15 is 0 Å². The first-order valence-electron chi connectivity index (χ1n) is 9.99. The van der Waals surface area contributed by atoms with Crippen LogP contribution in [0.5, 0.6) is 0 Å². The number of rotatable bonds is 8. The predicted octanol–water partition coefficient (Wildman–Crippen LogP) is 4.73. The molecule has 2 heterocycles. The van der Waals surface area contributed by atoms with Crippen LogP contribution in [0.25, 0.3) is 22.0 Å². The number of methoxy groups -OCH3 is 1. The molecule has 0 saturated heterocycles. The molecule has 4 aromatic rings. The number of hydrogen-bond acceptors (Lipinski definition) is 6. The Morgan fingerprint density at radius 1 is 0.967 bits per heavy atom. The van der Waals surface area contributed by atoms with E-state index in [0.717, 1.165) is 34.3 Å². The van der Waals surface area contributed by atoms with E-state index in [1.54, 1.807) is 19.5 Å². The molecule has 0 bridgehead atoms. The van der Waals surface area contributed by atoms with Gasteiger partial charge >= 0.3 is 0 Å². The van der Waals surface area contributed by atoms with Gasteiger partial charge in [0.15, 0.2) is 0 Å². The minimum atomic E-state index is 0.265. The van der Waals surface area contributed by atoms with E-state index in [1.807, 2.05) is 36.5 Å². The van der Waals surface area contributed by atoms with Crippen molar-refractivity contribution in [2.24, 2.45) is 0 Å². The van der Waals surface area contributed by atoms with Gasteiger partial charge in [-0.05, 0) is 60.0 Å². The highest BCUT2D eigenvalue weighted by molar-refractivity contribution is 5.84. The quantitative estimate of drug-likeness (QED) is 0.417. The number of nitrogens with one attached hydrogen (secondary N) is 2. The molecule has 0 aliphatic carbocycles. The van der Waals surface area contributed by atoms with Crippen LogP contribution in [0.3, 0.4) is 0 Å². The lowest BCUT2D eigenvalue weighted by molar-refractivity contribution is 0.196. The Bertz CT molecular complexity index is 1100. The molecule has 0 aliphatic rings. The fourth-order valence-electron chi connectivity index (χ4n) is 3.30. The van der Waals surface area contributed by atoms with E-state index in [1.165, 1.54) is 5.56 Å². The molecule has 6 heteroatoms. The average Bonchev–Trinajstić information content (AvgIpc) is 2.80. The van der Waals surface area contributed by atoms with Crippen molar-refractivity contribution >= 4 is 22.5 Å². The van der Waals surface area contributed by atoms with Gasteiger partial charge in [0.2, 0.25) is 5.95 Å². The first-order chi connectivity index (χ1) is 14.7. The van der Waals surface area contributed by atoms with Crippen LogP contribution in [-0.2, 0) is 4.74 Å². The summed E-state index contributed by atoms with van der Waals surface area (Å²) < 4.78 is 5.08. The molecule has 0 fully saturated rings. The lowest BCUT2D eigenvalue weighted by Crippen LogP contribution is -2.22. The van der Waals surface area contributed by atoms with Gasteiger partial charge in [0.05, 0.1) is 12.1 Å². The van der Waals surface area contributed by atoms with Crippen molar-refractivity contribution in [3.63, 3.8) is 0 Å². The Morgan fingerprint density at radius 2 is 1.77 bits per heavy atom. The monoisotopic (exact) mass is 399 g/mol. The molecule has 0 saturated carbocycles. The van der Waals surface area contributed by atoms with E-state index in [4.69, 9.17) is 4.74 Å². The number of benzene rings is 2. The number of ether oxygens (including phenoxy) is 1. The average molecular weight is 399 g/mol. The SMILES string of the molecule is COCCN[C@@H](C)c1ccc(Nc2ncc3cc(-c4ccncc4)ccc3n2)cc1.